The van der Waals surface area contributed by atoms with Gasteiger partial charge in [0.05, 0.1) is 23.5 Å². The van der Waals surface area contributed by atoms with Gasteiger partial charge in [0.2, 0.25) is 5.43 Å². The van der Waals surface area contributed by atoms with Crippen LogP contribution in [0.2, 0.25) is 0 Å². The number of benzene rings is 2. The molecule has 2 heterocycles. The maximum atomic E-state index is 12.6. The summed E-state index contributed by atoms with van der Waals surface area (Å²) in [6, 6.07) is 12.8. The Morgan fingerprint density at radius 1 is 1.18 bits per heavy atom. The van der Waals surface area contributed by atoms with E-state index < -0.39 is 0 Å². The summed E-state index contributed by atoms with van der Waals surface area (Å²) in [7, 11) is 1.57. The Bertz CT molecular complexity index is 1010. The summed E-state index contributed by atoms with van der Waals surface area (Å²) >= 11 is 0. The Labute approximate surface area is 125 Å². The van der Waals surface area contributed by atoms with Crippen molar-refractivity contribution in [1.82, 2.24) is 9.97 Å². The van der Waals surface area contributed by atoms with Crippen LogP contribution in [0.3, 0.4) is 0 Å². The molecule has 0 unspecified atom stereocenters. The molecule has 5 nitrogen and oxygen atoms in total. The quantitative estimate of drug-likeness (QED) is 0.615. The van der Waals surface area contributed by atoms with Crippen molar-refractivity contribution in [2.75, 3.05) is 7.11 Å². The van der Waals surface area contributed by atoms with Crippen LogP contribution in [0.4, 0.5) is 0 Å². The van der Waals surface area contributed by atoms with E-state index in [1.807, 2.05) is 24.3 Å². The minimum atomic E-state index is -0.122. The summed E-state index contributed by atoms with van der Waals surface area (Å²) in [5.74, 6) is 1.15. The van der Waals surface area contributed by atoms with Crippen LogP contribution in [0, 0.1) is 0 Å². The number of hydrogen-bond acceptors (Lipinski definition) is 4. The van der Waals surface area contributed by atoms with Crippen molar-refractivity contribution < 1.29 is 9.15 Å². The van der Waals surface area contributed by atoms with Crippen LogP contribution < -0.4 is 10.2 Å². The van der Waals surface area contributed by atoms with Gasteiger partial charge in [-0.25, -0.2) is 4.98 Å². The lowest BCUT2D eigenvalue weighted by atomic mass is 10.1. The van der Waals surface area contributed by atoms with Gasteiger partial charge in [0, 0.05) is 6.07 Å². The molecule has 0 aliphatic heterocycles. The molecule has 0 amide bonds. The minimum Gasteiger partial charge on any atom is -0.497 e. The number of H-pyrrole nitrogens is 1. The molecule has 0 aliphatic rings. The van der Waals surface area contributed by atoms with Gasteiger partial charge in [-0.15, -0.1) is 0 Å². The van der Waals surface area contributed by atoms with Crippen molar-refractivity contribution in [3.63, 3.8) is 0 Å². The number of aromatic nitrogens is 2. The zero-order chi connectivity index (χ0) is 15.1. The number of ether oxygens (including phenoxy) is 1. The van der Waals surface area contributed by atoms with Crippen molar-refractivity contribution in [3.05, 3.63) is 59.0 Å². The smallest absolute Gasteiger partial charge is 0.203 e. The van der Waals surface area contributed by atoms with E-state index in [-0.39, 0.29) is 5.43 Å². The van der Waals surface area contributed by atoms with Gasteiger partial charge in [0.15, 0.2) is 0 Å². The molecule has 22 heavy (non-hydrogen) atoms. The molecule has 0 saturated heterocycles. The molecular formula is C17H12N2O3. The molecule has 4 aromatic rings. The van der Waals surface area contributed by atoms with E-state index in [1.54, 1.807) is 25.3 Å². The number of hydrogen-bond donors (Lipinski definition) is 1. The monoisotopic (exact) mass is 292 g/mol. The Morgan fingerprint density at radius 2 is 2.05 bits per heavy atom. The van der Waals surface area contributed by atoms with Gasteiger partial charge in [-0.05, 0) is 24.3 Å². The van der Waals surface area contributed by atoms with E-state index in [2.05, 4.69) is 9.97 Å². The fraction of sp³-hybridized carbons (Fsp3) is 0.0588. The van der Waals surface area contributed by atoms with Crippen molar-refractivity contribution in [1.29, 1.82) is 0 Å². The third kappa shape index (κ3) is 1.87. The fourth-order valence-corrected chi connectivity index (χ4v) is 2.48. The number of rotatable bonds is 2. The van der Waals surface area contributed by atoms with Crippen molar-refractivity contribution in [2.45, 2.75) is 0 Å². The second kappa shape index (κ2) is 4.73. The van der Waals surface area contributed by atoms with Gasteiger partial charge in [-0.2, -0.15) is 0 Å². The number of fused-ring (bicyclic) bond motifs is 2. The molecular weight excluding hydrogens is 280 g/mol. The zero-order valence-electron chi connectivity index (χ0n) is 11.8. The minimum absolute atomic E-state index is 0.122. The molecule has 108 valence electrons. The molecule has 2 aromatic carbocycles. The van der Waals surface area contributed by atoms with Crippen molar-refractivity contribution >= 4 is 22.0 Å². The summed E-state index contributed by atoms with van der Waals surface area (Å²) in [4.78, 5) is 20.2. The number of imidazole rings is 1. The highest BCUT2D eigenvalue weighted by Gasteiger charge is 2.13. The number of nitrogens with one attached hydrogen (secondary N) is 1. The maximum absolute atomic E-state index is 12.6. The molecule has 0 radical (unpaired) electrons. The molecule has 4 rings (SSSR count). The Morgan fingerprint density at radius 3 is 2.86 bits per heavy atom. The molecule has 0 saturated carbocycles. The lowest BCUT2D eigenvalue weighted by molar-refractivity contribution is 0.414. The zero-order valence-corrected chi connectivity index (χ0v) is 11.8. The molecule has 0 bridgehead atoms. The first-order chi connectivity index (χ1) is 10.8. The van der Waals surface area contributed by atoms with Crippen molar-refractivity contribution in [2.24, 2.45) is 0 Å². The van der Waals surface area contributed by atoms with E-state index in [1.165, 1.54) is 6.26 Å². The topological polar surface area (TPSA) is 68.1 Å². The molecule has 0 atom stereocenters. The van der Waals surface area contributed by atoms with E-state index in [4.69, 9.17) is 9.15 Å². The highest BCUT2D eigenvalue weighted by molar-refractivity contribution is 5.84. The molecule has 2 aromatic heterocycles. The SMILES string of the molecule is COc1ccc2c(=O)c(-c3nc4ccccc4[nH]3)coc2c1. The van der Waals surface area contributed by atoms with Crippen LogP contribution >= 0.6 is 0 Å². The van der Waals surface area contributed by atoms with E-state index in [9.17, 15) is 4.79 Å². The summed E-state index contributed by atoms with van der Waals surface area (Å²) in [5, 5.41) is 0.499. The van der Waals surface area contributed by atoms with Gasteiger partial charge in [-0.1, -0.05) is 12.1 Å². The second-order valence-electron chi connectivity index (χ2n) is 4.94. The van der Waals surface area contributed by atoms with E-state index in [0.29, 0.717) is 28.1 Å². The number of aromatic amines is 1. The van der Waals surface area contributed by atoms with Crippen LogP contribution in [0.1, 0.15) is 0 Å². The van der Waals surface area contributed by atoms with E-state index in [0.717, 1.165) is 11.0 Å². The van der Waals surface area contributed by atoms with Gasteiger partial charge < -0.3 is 14.1 Å². The fourth-order valence-electron chi connectivity index (χ4n) is 2.48. The molecule has 0 spiro atoms. The molecule has 1 N–H and O–H groups in total. The first kappa shape index (κ1) is 12.6. The molecule has 5 heteroatoms. The predicted molar refractivity (Wildman–Crippen MR) is 84.1 cm³/mol. The molecule has 0 aliphatic carbocycles. The van der Waals surface area contributed by atoms with Crippen molar-refractivity contribution in [3.8, 4) is 17.1 Å². The number of para-hydroxylation sites is 2. The number of nitrogens with zero attached hydrogens (tertiary/aromatic N) is 1. The van der Waals surface area contributed by atoms with Crippen LogP contribution in [-0.2, 0) is 0 Å². The largest absolute Gasteiger partial charge is 0.497 e. The molecule has 0 fully saturated rings. The van der Waals surface area contributed by atoms with Crippen LogP contribution in [0.15, 0.2) is 57.9 Å². The summed E-state index contributed by atoms with van der Waals surface area (Å²) in [5.41, 5.74) is 2.47. The van der Waals surface area contributed by atoms with Gasteiger partial charge in [0.1, 0.15) is 29.0 Å². The first-order valence-corrected chi connectivity index (χ1v) is 6.81. The Hall–Kier alpha value is -3.08. The lowest BCUT2D eigenvalue weighted by Crippen LogP contribution is -2.05. The summed E-state index contributed by atoms with van der Waals surface area (Å²) < 4.78 is 10.7. The highest BCUT2D eigenvalue weighted by Crippen LogP contribution is 2.23. The van der Waals surface area contributed by atoms with Gasteiger partial charge >= 0.3 is 0 Å². The van der Waals surface area contributed by atoms with Gasteiger partial charge in [0.25, 0.3) is 0 Å². The standard InChI is InChI=1S/C17H12N2O3/c1-21-10-6-7-11-15(8-10)22-9-12(16(11)20)17-18-13-4-2-3-5-14(13)19-17/h2-9H,1H3,(H,18,19). The van der Waals surface area contributed by atoms with E-state index >= 15 is 0 Å². The number of methoxy groups -OCH3 is 1. The van der Waals surface area contributed by atoms with Crippen LogP contribution in [-0.4, -0.2) is 17.1 Å². The maximum Gasteiger partial charge on any atom is 0.203 e. The summed E-state index contributed by atoms with van der Waals surface area (Å²) in [6.45, 7) is 0. The highest BCUT2D eigenvalue weighted by atomic mass is 16.5. The Balaban J connectivity index is 1.95. The summed E-state index contributed by atoms with van der Waals surface area (Å²) in [6.07, 6.45) is 1.43. The van der Waals surface area contributed by atoms with Gasteiger partial charge in [-0.3, -0.25) is 4.79 Å². The first-order valence-electron chi connectivity index (χ1n) is 6.81. The third-order valence-electron chi connectivity index (χ3n) is 3.63. The Kier molecular flexibility index (Phi) is 2.72. The lowest BCUT2D eigenvalue weighted by Gasteiger charge is -2.02. The predicted octanol–water partition coefficient (Wildman–Crippen LogP) is 3.34. The average Bonchev–Trinajstić information content (AvgIpc) is 2.98. The third-order valence-corrected chi connectivity index (χ3v) is 3.63. The average molecular weight is 292 g/mol. The van der Waals surface area contributed by atoms with Crippen LogP contribution in [0.5, 0.6) is 5.75 Å². The normalized spacial score (nSPS) is 11.1. The van der Waals surface area contributed by atoms with Crippen LogP contribution in [0.25, 0.3) is 33.4 Å². The second-order valence-corrected chi connectivity index (χ2v) is 4.94.